The van der Waals surface area contributed by atoms with Gasteiger partial charge in [-0.05, 0) is 55.3 Å². The smallest absolute Gasteiger partial charge is 0.252 e. The molecule has 1 unspecified atom stereocenters. The summed E-state index contributed by atoms with van der Waals surface area (Å²) in [7, 11) is 1.71. The predicted octanol–water partition coefficient (Wildman–Crippen LogP) is 5.07. The highest BCUT2D eigenvalue weighted by atomic mass is 35.5. The van der Waals surface area contributed by atoms with E-state index >= 15 is 0 Å². The molecule has 0 amide bonds. The standard InChI is InChI=1S/C29H28ClFN6O/c1-4-23-17-36(29(19-5-7-20(30)8-6-19)24-11-9-21(31)15-33-24)18(2)16-37(23)26-13-27(38)35(3)25-12-10-22(14-32)34-28(25)26/h5-13,15,18,23,29H,4,16-17H2,1-3H3/t18-,23+,29?/m1/s1. The lowest BCUT2D eigenvalue weighted by atomic mass is 9.95. The van der Waals surface area contributed by atoms with Gasteiger partial charge in [-0.15, -0.1) is 0 Å². The fraction of sp³-hybridized carbons (Fsp3) is 0.310. The molecule has 1 aromatic carbocycles. The number of piperazine rings is 1. The highest BCUT2D eigenvalue weighted by Crippen LogP contribution is 2.36. The molecule has 4 heterocycles. The van der Waals surface area contributed by atoms with Crippen molar-refractivity contribution in [3.8, 4) is 6.07 Å². The normalized spacial score (nSPS) is 18.9. The van der Waals surface area contributed by atoms with E-state index in [0.29, 0.717) is 34.8 Å². The van der Waals surface area contributed by atoms with Crippen molar-refractivity contribution >= 4 is 28.3 Å². The maximum Gasteiger partial charge on any atom is 0.252 e. The molecule has 0 bridgehead atoms. The fourth-order valence-corrected chi connectivity index (χ4v) is 5.51. The van der Waals surface area contributed by atoms with Gasteiger partial charge in [0, 0.05) is 43.3 Å². The highest BCUT2D eigenvalue weighted by Gasteiger charge is 2.37. The number of aryl methyl sites for hydroxylation is 1. The van der Waals surface area contributed by atoms with Crippen LogP contribution in [0.2, 0.25) is 5.02 Å². The van der Waals surface area contributed by atoms with Crippen LogP contribution in [-0.2, 0) is 7.05 Å². The molecule has 3 aromatic heterocycles. The van der Waals surface area contributed by atoms with E-state index in [-0.39, 0.29) is 29.5 Å². The van der Waals surface area contributed by atoms with Crippen LogP contribution in [0.4, 0.5) is 10.1 Å². The summed E-state index contributed by atoms with van der Waals surface area (Å²) in [5.74, 6) is -0.380. The van der Waals surface area contributed by atoms with Crippen LogP contribution in [0, 0.1) is 17.1 Å². The van der Waals surface area contributed by atoms with Crippen LogP contribution < -0.4 is 10.5 Å². The van der Waals surface area contributed by atoms with Crippen molar-refractivity contribution in [2.24, 2.45) is 7.05 Å². The van der Waals surface area contributed by atoms with E-state index < -0.39 is 0 Å². The van der Waals surface area contributed by atoms with Crippen LogP contribution in [0.1, 0.15) is 43.3 Å². The largest absolute Gasteiger partial charge is 0.364 e. The predicted molar refractivity (Wildman–Crippen MR) is 147 cm³/mol. The Hall–Kier alpha value is -3.80. The minimum Gasteiger partial charge on any atom is -0.364 e. The van der Waals surface area contributed by atoms with Crippen molar-refractivity contribution in [2.45, 2.75) is 38.4 Å². The first kappa shape index (κ1) is 25.8. The van der Waals surface area contributed by atoms with Crippen LogP contribution in [0.5, 0.6) is 0 Å². The Labute approximate surface area is 225 Å². The monoisotopic (exact) mass is 530 g/mol. The average Bonchev–Trinajstić information content (AvgIpc) is 2.93. The Kier molecular flexibility index (Phi) is 7.15. The number of nitriles is 1. The summed E-state index contributed by atoms with van der Waals surface area (Å²) in [6, 6.07) is 17.9. The molecule has 5 rings (SSSR count). The molecule has 0 spiro atoms. The number of hydrogen-bond donors (Lipinski definition) is 0. The summed E-state index contributed by atoms with van der Waals surface area (Å²) in [5.41, 5.74) is 4.01. The molecule has 0 aliphatic carbocycles. The van der Waals surface area contributed by atoms with Gasteiger partial charge < -0.3 is 9.47 Å². The topological polar surface area (TPSA) is 78.0 Å². The Balaban J connectivity index is 1.58. The highest BCUT2D eigenvalue weighted by molar-refractivity contribution is 6.30. The summed E-state index contributed by atoms with van der Waals surface area (Å²) in [4.78, 5) is 26.6. The molecule has 1 aliphatic rings. The summed E-state index contributed by atoms with van der Waals surface area (Å²) in [6.07, 6.45) is 2.07. The van der Waals surface area contributed by atoms with Gasteiger partial charge in [-0.1, -0.05) is 30.7 Å². The van der Waals surface area contributed by atoms with Gasteiger partial charge in [0.2, 0.25) is 0 Å². The quantitative estimate of drug-likeness (QED) is 0.358. The molecule has 3 atom stereocenters. The lowest BCUT2D eigenvalue weighted by Gasteiger charge is -2.49. The van der Waals surface area contributed by atoms with E-state index in [0.717, 1.165) is 23.4 Å². The molecule has 194 valence electrons. The van der Waals surface area contributed by atoms with E-state index in [9.17, 15) is 14.4 Å². The Bertz CT molecular complexity index is 1520. The first-order valence-electron chi connectivity index (χ1n) is 12.6. The maximum atomic E-state index is 13.8. The van der Waals surface area contributed by atoms with Gasteiger partial charge >= 0.3 is 0 Å². The van der Waals surface area contributed by atoms with Gasteiger partial charge in [0.05, 0.1) is 29.1 Å². The molecule has 0 radical (unpaired) electrons. The van der Waals surface area contributed by atoms with Gasteiger partial charge in [0.15, 0.2) is 0 Å². The van der Waals surface area contributed by atoms with Gasteiger partial charge in [0.25, 0.3) is 5.56 Å². The van der Waals surface area contributed by atoms with Crippen LogP contribution in [0.3, 0.4) is 0 Å². The second kappa shape index (κ2) is 10.5. The van der Waals surface area contributed by atoms with Gasteiger partial charge in [0.1, 0.15) is 23.1 Å². The molecule has 38 heavy (non-hydrogen) atoms. The molecular weight excluding hydrogens is 503 g/mol. The first-order valence-corrected chi connectivity index (χ1v) is 13.0. The van der Waals surface area contributed by atoms with E-state index in [1.165, 1.54) is 12.3 Å². The first-order chi connectivity index (χ1) is 18.3. The lowest BCUT2D eigenvalue weighted by molar-refractivity contribution is 0.122. The molecule has 1 aliphatic heterocycles. The number of anilines is 1. The van der Waals surface area contributed by atoms with Crippen LogP contribution in [0.25, 0.3) is 11.0 Å². The zero-order chi connectivity index (χ0) is 27.0. The maximum absolute atomic E-state index is 13.8. The zero-order valence-corrected chi connectivity index (χ0v) is 22.2. The number of benzene rings is 1. The Morgan fingerprint density at radius 2 is 1.92 bits per heavy atom. The van der Waals surface area contributed by atoms with E-state index in [1.807, 2.05) is 24.3 Å². The number of fused-ring (bicyclic) bond motifs is 1. The molecular formula is C29H28ClFN6O. The zero-order valence-electron chi connectivity index (χ0n) is 21.5. The van der Waals surface area contributed by atoms with Crippen molar-refractivity contribution in [3.05, 3.63) is 98.9 Å². The fourth-order valence-electron chi connectivity index (χ4n) is 5.38. The van der Waals surface area contributed by atoms with Gasteiger partial charge in [-0.3, -0.25) is 14.7 Å². The number of nitrogens with zero attached hydrogens (tertiary/aromatic N) is 6. The van der Waals surface area contributed by atoms with Crippen LogP contribution in [0.15, 0.2) is 65.6 Å². The van der Waals surface area contributed by atoms with Crippen LogP contribution >= 0.6 is 11.6 Å². The van der Waals surface area contributed by atoms with E-state index in [4.69, 9.17) is 11.6 Å². The SMILES string of the molecule is CC[C@H]1CN(C(c2ccc(Cl)cc2)c2ccc(F)cn2)[C@H](C)CN1c1cc(=O)n(C)c2ccc(C#N)nc12. The molecule has 0 N–H and O–H groups in total. The van der Waals surface area contributed by atoms with Crippen molar-refractivity contribution in [1.29, 1.82) is 5.26 Å². The summed E-state index contributed by atoms with van der Waals surface area (Å²) in [5, 5.41) is 10.1. The number of aromatic nitrogens is 3. The van der Waals surface area contributed by atoms with Crippen molar-refractivity contribution in [2.75, 3.05) is 18.0 Å². The lowest BCUT2D eigenvalue weighted by Crippen LogP contribution is -2.58. The summed E-state index contributed by atoms with van der Waals surface area (Å²) < 4.78 is 15.3. The summed E-state index contributed by atoms with van der Waals surface area (Å²) in [6.45, 7) is 5.57. The minimum atomic E-state index is -0.380. The Morgan fingerprint density at radius 1 is 1.16 bits per heavy atom. The molecule has 0 saturated carbocycles. The van der Waals surface area contributed by atoms with E-state index in [1.54, 1.807) is 35.9 Å². The van der Waals surface area contributed by atoms with Crippen molar-refractivity contribution in [1.82, 2.24) is 19.4 Å². The van der Waals surface area contributed by atoms with E-state index in [2.05, 4.69) is 39.7 Å². The second-order valence-corrected chi connectivity index (χ2v) is 10.2. The van der Waals surface area contributed by atoms with Gasteiger partial charge in [-0.2, -0.15) is 5.26 Å². The van der Waals surface area contributed by atoms with Crippen molar-refractivity contribution in [3.63, 3.8) is 0 Å². The van der Waals surface area contributed by atoms with Crippen molar-refractivity contribution < 1.29 is 4.39 Å². The number of rotatable bonds is 5. The molecule has 9 heteroatoms. The number of hydrogen-bond acceptors (Lipinski definition) is 6. The number of pyridine rings is 3. The van der Waals surface area contributed by atoms with Gasteiger partial charge in [-0.25, -0.2) is 9.37 Å². The van der Waals surface area contributed by atoms with Crippen LogP contribution in [-0.4, -0.2) is 44.6 Å². The number of halogens is 2. The third-order valence-corrected chi connectivity index (χ3v) is 7.65. The molecule has 1 fully saturated rings. The average molecular weight is 531 g/mol. The Morgan fingerprint density at radius 3 is 2.58 bits per heavy atom. The third-order valence-electron chi connectivity index (χ3n) is 7.40. The molecule has 1 saturated heterocycles. The minimum absolute atomic E-state index is 0.0450. The third kappa shape index (κ3) is 4.75. The molecule has 7 nitrogen and oxygen atoms in total. The summed E-state index contributed by atoms with van der Waals surface area (Å²) >= 11 is 6.18. The molecule has 4 aromatic rings. The second-order valence-electron chi connectivity index (χ2n) is 9.72.